The fourth-order valence-corrected chi connectivity index (χ4v) is 2.25. The van der Waals surface area contributed by atoms with Gasteiger partial charge in [-0.05, 0) is 13.6 Å². The zero-order chi connectivity index (χ0) is 11.8. The Morgan fingerprint density at radius 3 is 3.00 bits per heavy atom. The predicted molar refractivity (Wildman–Crippen MR) is 67.7 cm³/mol. The van der Waals surface area contributed by atoms with Gasteiger partial charge < -0.3 is 10.1 Å². The molecule has 0 atom stereocenters. The van der Waals surface area contributed by atoms with Crippen LogP contribution in [0.25, 0.3) is 0 Å². The predicted octanol–water partition coefficient (Wildman–Crippen LogP) is 1.33. The van der Waals surface area contributed by atoms with Gasteiger partial charge in [0.15, 0.2) is 0 Å². The highest BCUT2D eigenvalue weighted by molar-refractivity contribution is 7.09. The van der Waals surface area contributed by atoms with Gasteiger partial charge in [0.25, 0.3) is 0 Å². The van der Waals surface area contributed by atoms with Crippen LogP contribution in [0, 0.1) is 0 Å². The molecule has 16 heavy (non-hydrogen) atoms. The van der Waals surface area contributed by atoms with Crippen molar-refractivity contribution < 1.29 is 4.74 Å². The molecule has 0 radical (unpaired) electrons. The van der Waals surface area contributed by atoms with Gasteiger partial charge in [-0.1, -0.05) is 6.92 Å². The van der Waals surface area contributed by atoms with Crippen LogP contribution in [0.2, 0.25) is 0 Å². The number of hydrogen-bond donors (Lipinski definition) is 1. The molecule has 0 bridgehead atoms. The lowest BCUT2D eigenvalue weighted by Crippen LogP contribution is -2.26. The van der Waals surface area contributed by atoms with Crippen molar-refractivity contribution in [2.45, 2.75) is 20.0 Å². The van der Waals surface area contributed by atoms with E-state index in [1.165, 1.54) is 0 Å². The number of likely N-dealkylation sites (N-methyl/N-ethyl adjacent to an activating group) is 1. The van der Waals surface area contributed by atoms with Gasteiger partial charge in [0.05, 0.1) is 12.3 Å². The number of ether oxygens (including phenoxy) is 1. The van der Waals surface area contributed by atoms with Crippen molar-refractivity contribution in [1.29, 1.82) is 0 Å². The summed E-state index contributed by atoms with van der Waals surface area (Å²) in [5.41, 5.74) is 1.16. The lowest BCUT2D eigenvalue weighted by molar-refractivity contribution is 0.147. The summed E-state index contributed by atoms with van der Waals surface area (Å²) in [4.78, 5) is 6.90. The molecule has 1 heterocycles. The molecule has 0 aliphatic carbocycles. The molecule has 0 spiro atoms. The van der Waals surface area contributed by atoms with Crippen LogP contribution in [0.15, 0.2) is 5.38 Å². The zero-order valence-electron chi connectivity index (χ0n) is 10.3. The number of nitrogens with zero attached hydrogens (tertiary/aromatic N) is 2. The van der Waals surface area contributed by atoms with Crippen LogP contribution in [-0.2, 0) is 17.8 Å². The Kier molecular flexibility index (Phi) is 6.56. The molecular formula is C11H21N3OS. The molecular weight excluding hydrogens is 222 g/mol. The fraction of sp³-hybridized carbons (Fsp3) is 0.727. The van der Waals surface area contributed by atoms with Crippen molar-refractivity contribution in [2.75, 3.05) is 33.9 Å². The number of rotatable bonds is 8. The second-order valence-electron chi connectivity index (χ2n) is 3.62. The number of aromatic nitrogens is 1. The number of nitrogens with one attached hydrogen (secondary N) is 1. The summed E-state index contributed by atoms with van der Waals surface area (Å²) in [6, 6.07) is 0. The van der Waals surface area contributed by atoms with Crippen molar-refractivity contribution in [1.82, 2.24) is 15.2 Å². The standard InChI is InChI=1S/C11H21N3OS/c1-4-14(5-6-15-3)8-10-9-16-11(13-10)7-12-2/h9,12H,4-8H2,1-3H3. The molecule has 0 unspecified atom stereocenters. The Labute approximate surface area is 102 Å². The minimum atomic E-state index is 0.779. The van der Waals surface area contributed by atoms with Gasteiger partial charge in [0, 0.05) is 32.1 Å². The first-order valence-electron chi connectivity index (χ1n) is 5.59. The highest BCUT2D eigenvalue weighted by Crippen LogP contribution is 2.11. The van der Waals surface area contributed by atoms with Gasteiger partial charge in [-0.2, -0.15) is 0 Å². The quantitative estimate of drug-likeness (QED) is 0.747. The lowest BCUT2D eigenvalue weighted by Gasteiger charge is -2.18. The average Bonchev–Trinajstić information content (AvgIpc) is 2.72. The summed E-state index contributed by atoms with van der Waals surface area (Å²) in [5.74, 6) is 0. The van der Waals surface area contributed by atoms with Gasteiger partial charge in [-0.15, -0.1) is 11.3 Å². The summed E-state index contributed by atoms with van der Waals surface area (Å²) in [5, 5.41) is 6.41. The van der Waals surface area contributed by atoms with E-state index in [9.17, 15) is 0 Å². The molecule has 1 aromatic rings. The zero-order valence-corrected chi connectivity index (χ0v) is 11.1. The summed E-state index contributed by atoms with van der Waals surface area (Å²) >= 11 is 1.72. The van der Waals surface area contributed by atoms with Gasteiger partial charge in [-0.3, -0.25) is 4.90 Å². The molecule has 0 amide bonds. The first kappa shape index (κ1) is 13.6. The first-order chi connectivity index (χ1) is 7.80. The third-order valence-electron chi connectivity index (χ3n) is 2.37. The topological polar surface area (TPSA) is 37.4 Å². The van der Waals surface area contributed by atoms with E-state index < -0.39 is 0 Å². The smallest absolute Gasteiger partial charge is 0.107 e. The van der Waals surface area contributed by atoms with E-state index in [0.29, 0.717) is 0 Å². The maximum absolute atomic E-state index is 5.09. The second-order valence-corrected chi connectivity index (χ2v) is 4.57. The van der Waals surface area contributed by atoms with Gasteiger partial charge >= 0.3 is 0 Å². The largest absolute Gasteiger partial charge is 0.383 e. The van der Waals surface area contributed by atoms with E-state index in [-0.39, 0.29) is 0 Å². The summed E-state index contributed by atoms with van der Waals surface area (Å²) in [6.45, 7) is 6.71. The normalized spacial score (nSPS) is 11.2. The average molecular weight is 243 g/mol. The van der Waals surface area contributed by atoms with Crippen LogP contribution >= 0.6 is 11.3 Å². The first-order valence-corrected chi connectivity index (χ1v) is 6.47. The van der Waals surface area contributed by atoms with Crippen molar-refractivity contribution in [3.63, 3.8) is 0 Å². The molecule has 0 aliphatic rings. The van der Waals surface area contributed by atoms with Crippen LogP contribution in [-0.4, -0.2) is 43.7 Å². The van der Waals surface area contributed by atoms with Crippen molar-refractivity contribution in [2.24, 2.45) is 0 Å². The van der Waals surface area contributed by atoms with Crippen LogP contribution in [0.5, 0.6) is 0 Å². The third kappa shape index (κ3) is 4.57. The van der Waals surface area contributed by atoms with E-state index in [0.717, 1.165) is 43.5 Å². The molecule has 1 rings (SSSR count). The molecule has 1 N–H and O–H groups in total. The minimum absolute atomic E-state index is 0.779. The van der Waals surface area contributed by atoms with E-state index in [2.05, 4.69) is 27.5 Å². The molecule has 0 saturated carbocycles. The molecule has 0 saturated heterocycles. The molecule has 1 aromatic heterocycles. The van der Waals surface area contributed by atoms with Crippen LogP contribution in [0.3, 0.4) is 0 Å². The Balaban J connectivity index is 2.43. The molecule has 0 aromatic carbocycles. The van der Waals surface area contributed by atoms with Crippen LogP contribution < -0.4 is 5.32 Å². The molecule has 0 aliphatic heterocycles. The summed E-state index contributed by atoms with van der Waals surface area (Å²) in [6.07, 6.45) is 0. The van der Waals surface area contributed by atoms with Gasteiger partial charge in [-0.25, -0.2) is 4.98 Å². The summed E-state index contributed by atoms with van der Waals surface area (Å²) < 4.78 is 5.09. The van der Waals surface area contributed by atoms with E-state index in [1.54, 1.807) is 18.4 Å². The number of thiazole rings is 1. The van der Waals surface area contributed by atoms with Crippen LogP contribution in [0.1, 0.15) is 17.6 Å². The lowest BCUT2D eigenvalue weighted by atomic mass is 10.4. The Morgan fingerprint density at radius 1 is 1.56 bits per heavy atom. The second kappa shape index (κ2) is 7.73. The highest BCUT2D eigenvalue weighted by atomic mass is 32.1. The third-order valence-corrected chi connectivity index (χ3v) is 3.27. The van der Waals surface area contributed by atoms with E-state index >= 15 is 0 Å². The molecule has 5 heteroatoms. The maximum atomic E-state index is 5.09. The Bertz CT molecular complexity index is 291. The molecule has 0 fully saturated rings. The van der Waals surface area contributed by atoms with Gasteiger partial charge in [0.1, 0.15) is 5.01 Å². The SMILES string of the molecule is CCN(CCOC)Cc1csc(CNC)n1. The maximum Gasteiger partial charge on any atom is 0.107 e. The number of methoxy groups -OCH3 is 1. The molecule has 92 valence electrons. The van der Waals surface area contributed by atoms with Crippen molar-refractivity contribution in [3.8, 4) is 0 Å². The highest BCUT2D eigenvalue weighted by Gasteiger charge is 2.06. The van der Waals surface area contributed by atoms with Crippen molar-refractivity contribution in [3.05, 3.63) is 16.1 Å². The monoisotopic (exact) mass is 243 g/mol. The van der Waals surface area contributed by atoms with E-state index in [1.807, 2.05) is 7.05 Å². The Morgan fingerprint density at radius 2 is 2.38 bits per heavy atom. The summed E-state index contributed by atoms with van der Waals surface area (Å²) in [7, 11) is 3.68. The van der Waals surface area contributed by atoms with Crippen LogP contribution in [0.4, 0.5) is 0 Å². The Hall–Kier alpha value is -0.490. The molecule has 4 nitrogen and oxygen atoms in total. The number of hydrogen-bond acceptors (Lipinski definition) is 5. The van der Waals surface area contributed by atoms with Gasteiger partial charge in [0.2, 0.25) is 0 Å². The minimum Gasteiger partial charge on any atom is -0.383 e. The van der Waals surface area contributed by atoms with E-state index in [4.69, 9.17) is 4.74 Å². The van der Waals surface area contributed by atoms with Crippen molar-refractivity contribution >= 4 is 11.3 Å². The fourth-order valence-electron chi connectivity index (χ4n) is 1.45.